The molecule has 4 nitrogen and oxygen atoms in total. The zero-order valence-corrected chi connectivity index (χ0v) is 8.35. The molecule has 0 saturated heterocycles. The summed E-state index contributed by atoms with van der Waals surface area (Å²) in [6.07, 6.45) is -2.52. The molecule has 0 aliphatic heterocycles. The molecule has 0 aliphatic rings. The predicted molar refractivity (Wildman–Crippen MR) is 45.3 cm³/mol. The molecule has 15 heavy (non-hydrogen) atoms. The van der Waals surface area contributed by atoms with E-state index in [1.165, 1.54) is 0 Å². The van der Waals surface area contributed by atoms with Crippen LogP contribution in [0.5, 0.6) is 0 Å². The molecule has 8 heteroatoms. The third-order valence-electron chi connectivity index (χ3n) is 1.74. The van der Waals surface area contributed by atoms with Gasteiger partial charge in [0.05, 0.1) is 11.8 Å². The zero-order chi connectivity index (χ0) is 11.8. The lowest BCUT2D eigenvalue weighted by molar-refractivity contribution is 0.144. The molecule has 0 unspecified atom stereocenters. The van der Waals surface area contributed by atoms with E-state index in [1.807, 2.05) is 0 Å². The highest BCUT2D eigenvalue weighted by Gasteiger charge is 2.25. The first kappa shape index (κ1) is 11.9. The number of aryl methyl sites for hydroxylation is 1. The normalized spacial score (nSPS) is 12.1. The van der Waals surface area contributed by atoms with Gasteiger partial charge in [0, 0.05) is 5.69 Å². The maximum absolute atomic E-state index is 13.3. The molecule has 1 rings (SSSR count). The molecule has 84 valence electrons. The van der Waals surface area contributed by atoms with Gasteiger partial charge in [0.1, 0.15) is 4.90 Å². The molecule has 0 radical (unpaired) electrons. The van der Waals surface area contributed by atoms with Crippen LogP contribution in [0.25, 0.3) is 0 Å². The summed E-state index contributed by atoms with van der Waals surface area (Å²) < 4.78 is 59.6. The molecular formula is C7H7F3N2O2S. The van der Waals surface area contributed by atoms with Crippen molar-refractivity contribution in [3.8, 4) is 0 Å². The maximum Gasteiger partial charge on any atom is 0.268 e. The lowest BCUT2D eigenvalue weighted by atomic mass is 10.2. The standard InChI is InChI=1S/C7H7F3N2O2S/c1-3-5(7(9)10)6(8)4(2-12-3)15(11,13)14/h2,7H,1H3,(H2,11,13,14). The van der Waals surface area contributed by atoms with Crippen molar-refractivity contribution in [3.05, 3.63) is 23.3 Å². The summed E-state index contributed by atoms with van der Waals surface area (Å²) >= 11 is 0. The van der Waals surface area contributed by atoms with Crippen molar-refractivity contribution in [2.24, 2.45) is 5.14 Å². The Morgan fingerprint density at radius 2 is 2.00 bits per heavy atom. The first-order valence-electron chi connectivity index (χ1n) is 3.71. The van der Waals surface area contributed by atoms with E-state index in [9.17, 15) is 21.6 Å². The molecule has 0 atom stereocenters. The molecule has 2 N–H and O–H groups in total. The molecule has 0 saturated carbocycles. The van der Waals surface area contributed by atoms with Crippen molar-refractivity contribution >= 4 is 10.0 Å². The Kier molecular flexibility index (Phi) is 3.00. The van der Waals surface area contributed by atoms with Crippen molar-refractivity contribution in [2.75, 3.05) is 0 Å². The highest BCUT2D eigenvalue weighted by atomic mass is 32.2. The van der Waals surface area contributed by atoms with Crippen molar-refractivity contribution in [3.63, 3.8) is 0 Å². The molecule has 0 bridgehead atoms. The number of sulfonamides is 1. The molecular weight excluding hydrogens is 233 g/mol. The summed E-state index contributed by atoms with van der Waals surface area (Å²) in [6.45, 7) is 1.15. The number of rotatable bonds is 2. The number of hydrogen-bond donors (Lipinski definition) is 1. The fourth-order valence-corrected chi connectivity index (χ4v) is 1.58. The van der Waals surface area contributed by atoms with E-state index in [4.69, 9.17) is 0 Å². The van der Waals surface area contributed by atoms with Crippen LogP contribution in [0.3, 0.4) is 0 Å². The van der Waals surface area contributed by atoms with Crippen LogP contribution in [0.1, 0.15) is 17.7 Å². The maximum atomic E-state index is 13.3. The van der Waals surface area contributed by atoms with Crippen LogP contribution < -0.4 is 5.14 Å². The van der Waals surface area contributed by atoms with Gasteiger partial charge in [-0.1, -0.05) is 0 Å². The third kappa shape index (κ3) is 2.26. The Labute approximate surface area is 84.0 Å². The number of nitrogens with zero attached hydrogens (tertiary/aromatic N) is 1. The Balaban J connectivity index is 3.56. The summed E-state index contributed by atoms with van der Waals surface area (Å²) in [5.74, 6) is -1.54. The van der Waals surface area contributed by atoms with E-state index >= 15 is 0 Å². The molecule has 0 fully saturated rings. The van der Waals surface area contributed by atoms with Gasteiger partial charge in [-0.3, -0.25) is 4.98 Å². The molecule has 0 spiro atoms. The minimum absolute atomic E-state index is 0.269. The lowest BCUT2D eigenvalue weighted by Crippen LogP contribution is -2.16. The Bertz CT molecular complexity index is 487. The highest BCUT2D eigenvalue weighted by molar-refractivity contribution is 7.89. The minimum Gasteiger partial charge on any atom is -0.259 e. The summed E-state index contributed by atoms with van der Waals surface area (Å²) in [5, 5.41) is 4.62. The van der Waals surface area contributed by atoms with Crippen LogP contribution in [0.15, 0.2) is 11.1 Å². The summed E-state index contributed by atoms with van der Waals surface area (Å²) in [6, 6.07) is 0. The number of pyridine rings is 1. The van der Waals surface area contributed by atoms with Crippen LogP contribution in [-0.2, 0) is 10.0 Å². The van der Waals surface area contributed by atoms with Crippen LogP contribution >= 0.6 is 0 Å². The van der Waals surface area contributed by atoms with E-state index in [0.29, 0.717) is 6.20 Å². The second-order valence-corrected chi connectivity index (χ2v) is 4.31. The van der Waals surface area contributed by atoms with Crippen LogP contribution in [0.4, 0.5) is 13.2 Å². The van der Waals surface area contributed by atoms with Gasteiger partial charge in [-0.05, 0) is 6.92 Å². The van der Waals surface area contributed by atoms with E-state index in [-0.39, 0.29) is 5.69 Å². The van der Waals surface area contributed by atoms with Crippen molar-refractivity contribution in [2.45, 2.75) is 18.2 Å². The van der Waals surface area contributed by atoms with Gasteiger partial charge in [-0.15, -0.1) is 0 Å². The smallest absolute Gasteiger partial charge is 0.259 e. The molecule has 0 amide bonds. The van der Waals surface area contributed by atoms with Gasteiger partial charge in [-0.25, -0.2) is 26.7 Å². The van der Waals surface area contributed by atoms with Gasteiger partial charge >= 0.3 is 0 Å². The number of primary sulfonamides is 1. The van der Waals surface area contributed by atoms with Gasteiger partial charge in [0.15, 0.2) is 5.82 Å². The number of aromatic nitrogens is 1. The van der Waals surface area contributed by atoms with Crippen molar-refractivity contribution in [1.82, 2.24) is 4.98 Å². The highest BCUT2D eigenvalue weighted by Crippen LogP contribution is 2.27. The summed E-state index contributed by atoms with van der Waals surface area (Å²) in [7, 11) is -4.38. The van der Waals surface area contributed by atoms with Gasteiger partial charge < -0.3 is 0 Å². The van der Waals surface area contributed by atoms with E-state index in [1.54, 1.807) is 0 Å². The second kappa shape index (κ2) is 3.78. The Hall–Kier alpha value is -1.15. The summed E-state index contributed by atoms with van der Waals surface area (Å²) in [4.78, 5) is 2.32. The summed E-state index contributed by atoms with van der Waals surface area (Å²) in [5.41, 5.74) is -1.31. The number of nitrogens with two attached hydrogens (primary N) is 1. The average molecular weight is 240 g/mol. The number of hydrogen-bond acceptors (Lipinski definition) is 3. The van der Waals surface area contributed by atoms with Gasteiger partial charge in [0.25, 0.3) is 6.43 Å². The number of halogens is 3. The average Bonchev–Trinajstić information content (AvgIpc) is 2.00. The third-order valence-corrected chi connectivity index (χ3v) is 2.64. The van der Waals surface area contributed by atoms with Crippen molar-refractivity contribution < 1.29 is 21.6 Å². The zero-order valence-electron chi connectivity index (χ0n) is 7.54. The minimum atomic E-state index is -4.38. The Morgan fingerprint density at radius 3 is 2.40 bits per heavy atom. The Morgan fingerprint density at radius 1 is 1.47 bits per heavy atom. The first-order valence-corrected chi connectivity index (χ1v) is 5.25. The SMILES string of the molecule is Cc1ncc(S(N)(=O)=O)c(F)c1C(F)F. The molecule has 1 heterocycles. The van der Waals surface area contributed by atoms with E-state index in [0.717, 1.165) is 6.92 Å². The monoisotopic (exact) mass is 240 g/mol. The lowest BCUT2D eigenvalue weighted by Gasteiger charge is -2.08. The predicted octanol–water partition coefficient (Wildman–Crippen LogP) is 1.11. The van der Waals surface area contributed by atoms with Crippen LogP contribution in [0, 0.1) is 12.7 Å². The van der Waals surface area contributed by atoms with Crippen molar-refractivity contribution in [1.29, 1.82) is 0 Å². The fraction of sp³-hybridized carbons (Fsp3) is 0.286. The molecule has 1 aromatic rings. The van der Waals surface area contributed by atoms with Crippen LogP contribution in [-0.4, -0.2) is 13.4 Å². The number of alkyl halides is 2. The quantitative estimate of drug-likeness (QED) is 0.841. The second-order valence-electron chi connectivity index (χ2n) is 2.78. The van der Waals surface area contributed by atoms with E-state index in [2.05, 4.69) is 10.1 Å². The van der Waals surface area contributed by atoms with Gasteiger partial charge in [0.2, 0.25) is 10.0 Å². The first-order chi connectivity index (χ1) is 6.75. The fourth-order valence-electron chi connectivity index (χ4n) is 1.03. The molecule has 0 aromatic carbocycles. The molecule has 1 aromatic heterocycles. The van der Waals surface area contributed by atoms with Crippen LogP contribution in [0.2, 0.25) is 0 Å². The largest absolute Gasteiger partial charge is 0.268 e. The topological polar surface area (TPSA) is 73.0 Å². The van der Waals surface area contributed by atoms with Gasteiger partial charge in [-0.2, -0.15) is 0 Å². The molecule has 0 aliphatic carbocycles. The van der Waals surface area contributed by atoms with E-state index < -0.39 is 32.7 Å².